The van der Waals surface area contributed by atoms with Gasteiger partial charge in [-0.2, -0.15) is 0 Å². The summed E-state index contributed by atoms with van der Waals surface area (Å²) in [5.41, 5.74) is 7.55. The number of aromatic nitrogens is 3. The van der Waals surface area contributed by atoms with Gasteiger partial charge in [-0.15, -0.1) is 0 Å². The van der Waals surface area contributed by atoms with Gasteiger partial charge in [-0.3, -0.25) is 9.36 Å². The molecular formula is C13H10N4O. The fourth-order valence-electron chi connectivity index (χ4n) is 1.82. The number of benzene rings is 1. The fourth-order valence-corrected chi connectivity index (χ4v) is 1.82. The minimum absolute atomic E-state index is 0.141. The number of nitrogens with two attached hydrogens (primary N) is 1. The molecule has 0 aliphatic carbocycles. The second-order valence-electron chi connectivity index (χ2n) is 3.90. The summed E-state index contributed by atoms with van der Waals surface area (Å²) in [5, 5.41) is 0.497. The topological polar surface area (TPSA) is 73.8 Å². The van der Waals surface area contributed by atoms with Crippen LogP contribution in [0.1, 0.15) is 0 Å². The van der Waals surface area contributed by atoms with Gasteiger partial charge in [-0.1, -0.05) is 0 Å². The molecule has 2 heterocycles. The van der Waals surface area contributed by atoms with Crippen molar-refractivity contribution in [1.29, 1.82) is 0 Å². The number of anilines is 1. The van der Waals surface area contributed by atoms with E-state index in [9.17, 15) is 4.79 Å². The third-order valence-corrected chi connectivity index (χ3v) is 2.75. The lowest BCUT2D eigenvalue weighted by Crippen LogP contribution is -2.18. The number of rotatable bonds is 1. The molecule has 0 saturated heterocycles. The van der Waals surface area contributed by atoms with Crippen LogP contribution >= 0.6 is 0 Å². The van der Waals surface area contributed by atoms with Crippen LogP contribution in [0.4, 0.5) is 5.69 Å². The third kappa shape index (κ3) is 1.62. The Hall–Kier alpha value is -2.69. The van der Waals surface area contributed by atoms with E-state index in [-0.39, 0.29) is 5.56 Å². The maximum Gasteiger partial charge on any atom is 0.266 e. The molecular weight excluding hydrogens is 228 g/mol. The average molecular weight is 238 g/mol. The van der Waals surface area contributed by atoms with Gasteiger partial charge >= 0.3 is 0 Å². The lowest BCUT2D eigenvalue weighted by Gasteiger charge is -2.06. The molecule has 3 aromatic rings. The van der Waals surface area contributed by atoms with E-state index < -0.39 is 0 Å². The number of nitrogens with zero attached hydrogens (tertiary/aromatic N) is 3. The van der Waals surface area contributed by atoms with E-state index in [2.05, 4.69) is 9.97 Å². The maximum atomic E-state index is 12.3. The molecule has 0 bridgehead atoms. The number of hydrogen-bond acceptors (Lipinski definition) is 4. The summed E-state index contributed by atoms with van der Waals surface area (Å²) in [6.45, 7) is 0. The van der Waals surface area contributed by atoms with Crippen molar-refractivity contribution in [3.63, 3.8) is 0 Å². The first-order valence-electron chi connectivity index (χ1n) is 5.43. The van der Waals surface area contributed by atoms with E-state index in [0.717, 1.165) is 5.69 Å². The fraction of sp³-hybridized carbons (Fsp3) is 0. The Morgan fingerprint density at radius 3 is 2.67 bits per heavy atom. The van der Waals surface area contributed by atoms with Crippen molar-refractivity contribution in [3.8, 4) is 5.69 Å². The Labute approximate surface area is 103 Å². The van der Waals surface area contributed by atoms with Crippen LogP contribution in [0.3, 0.4) is 0 Å². The zero-order chi connectivity index (χ0) is 12.5. The number of fused-ring (bicyclic) bond motifs is 1. The molecule has 0 spiro atoms. The van der Waals surface area contributed by atoms with Gasteiger partial charge in [0.05, 0.1) is 10.9 Å². The summed E-state index contributed by atoms with van der Waals surface area (Å²) < 4.78 is 1.55. The zero-order valence-electron chi connectivity index (χ0n) is 9.45. The molecule has 2 aromatic heterocycles. The number of hydrogen-bond donors (Lipinski definition) is 1. The Balaban J connectivity index is 2.27. The summed E-state index contributed by atoms with van der Waals surface area (Å²) in [4.78, 5) is 20.2. The molecule has 18 heavy (non-hydrogen) atoms. The minimum Gasteiger partial charge on any atom is -0.399 e. The molecule has 3 rings (SSSR count). The van der Waals surface area contributed by atoms with Crippen LogP contribution in [0.2, 0.25) is 0 Å². The first-order chi connectivity index (χ1) is 8.75. The van der Waals surface area contributed by atoms with Gasteiger partial charge in [-0.05, 0) is 30.3 Å². The van der Waals surface area contributed by atoms with Crippen LogP contribution in [-0.4, -0.2) is 14.5 Å². The Morgan fingerprint density at radius 1 is 1.11 bits per heavy atom. The van der Waals surface area contributed by atoms with E-state index in [4.69, 9.17) is 5.73 Å². The van der Waals surface area contributed by atoms with Crippen molar-refractivity contribution in [2.24, 2.45) is 0 Å². The van der Waals surface area contributed by atoms with Crippen molar-refractivity contribution >= 4 is 16.6 Å². The molecule has 0 radical (unpaired) electrons. The molecule has 0 aliphatic rings. The van der Waals surface area contributed by atoms with Crippen molar-refractivity contribution in [2.75, 3.05) is 5.73 Å². The summed E-state index contributed by atoms with van der Waals surface area (Å²) in [6.07, 6.45) is 4.65. The summed E-state index contributed by atoms with van der Waals surface area (Å²) >= 11 is 0. The van der Waals surface area contributed by atoms with Gasteiger partial charge in [0.1, 0.15) is 6.33 Å². The SMILES string of the molecule is Nc1ccc(-n2ccc3ncncc3c2=O)cc1. The molecule has 0 aliphatic heterocycles. The van der Waals surface area contributed by atoms with Crippen LogP contribution < -0.4 is 11.3 Å². The van der Waals surface area contributed by atoms with Gasteiger partial charge in [0.25, 0.3) is 5.56 Å². The van der Waals surface area contributed by atoms with Crippen molar-refractivity contribution in [1.82, 2.24) is 14.5 Å². The van der Waals surface area contributed by atoms with E-state index in [1.165, 1.54) is 12.5 Å². The Kier molecular flexibility index (Phi) is 2.30. The summed E-state index contributed by atoms with van der Waals surface area (Å²) in [6, 6.07) is 8.90. The molecule has 5 nitrogen and oxygen atoms in total. The largest absolute Gasteiger partial charge is 0.399 e. The van der Waals surface area contributed by atoms with Crippen LogP contribution in [0.5, 0.6) is 0 Å². The van der Waals surface area contributed by atoms with Gasteiger partial charge < -0.3 is 5.73 Å². The first kappa shape index (κ1) is 10.5. The molecule has 88 valence electrons. The van der Waals surface area contributed by atoms with E-state index in [0.29, 0.717) is 16.6 Å². The lowest BCUT2D eigenvalue weighted by atomic mass is 10.2. The van der Waals surface area contributed by atoms with Crippen LogP contribution in [0, 0.1) is 0 Å². The molecule has 5 heteroatoms. The molecule has 0 fully saturated rings. The standard InChI is InChI=1S/C13H10N4O/c14-9-1-3-10(4-2-9)17-6-5-12-11(13(17)18)7-15-8-16-12/h1-8H,14H2. The quantitative estimate of drug-likeness (QED) is 0.650. The predicted octanol–water partition coefficient (Wildman–Crippen LogP) is 1.36. The average Bonchev–Trinajstić information content (AvgIpc) is 2.41. The number of nitrogen functional groups attached to an aromatic ring is 1. The van der Waals surface area contributed by atoms with E-state index in [1.807, 2.05) is 0 Å². The van der Waals surface area contributed by atoms with Gasteiger partial charge in [-0.25, -0.2) is 9.97 Å². The van der Waals surface area contributed by atoms with Gasteiger partial charge in [0.15, 0.2) is 0 Å². The normalized spacial score (nSPS) is 10.7. The molecule has 0 saturated carbocycles. The monoisotopic (exact) mass is 238 g/mol. The Bertz CT molecular complexity index is 762. The molecule has 0 amide bonds. The van der Waals surface area contributed by atoms with Gasteiger partial charge in [0, 0.05) is 23.8 Å². The van der Waals surface area contributed by atoms with E-state index in [1.54, 1.807) is 41.1 Å². The van der Waals surface area contributed by atoms with Gasteiger partial charge in [0.2, 0.25) is 0 Å². The van der Waals surface area contributed by atoms with Crippen LogP contribution in [0.15, 0.2) is 53.8 Å². The highest BCUT2D eigenvalue weighted by Gasteiger charge is 2.04. The highest BCUT2D eigenvalue weighted by molar-refractivity contribution is 5.76. The minimum atomic E-state index is -0.141. The molecule has 0 atom stereocenters. The van der Waals surface area contributed by atoms with Crippen molar-refractivity contribution in [3.05, 3.63) is 59.4 Å². The van der Waals surface area contributed by atoms with Crippen molar-refractivity contribution < 1.29 is 0 Å². The zero-order valence-corrected chi connectivity index (χ0v) is 9.45. The molecule has 0 unspecified atom stereocenters. The highest BCUT2D eigenvalue weighted by Crippen LogP contribution is 2.11. The van der Waals surface area contributed by atoms with Crippen LogP contribution in [0.25, 0.3) is 16.6 Å². The lowest BCUT2D eigenvalue weighted by molar-refractivity contribution is 1.00. The predicted molar refractivity (Wildman–Crippen MR) is 69.5 cm³/mol. The van der Waals surface area contributed by atoms with Crippen LogP contribution in [-0.2, 0) is 0 Å². The second-order valence-corrected chi connectivity index (χ2v) is 3.90. The maximum absolute atomic E-state index is 12.3. The van der Waals surface area contributed by atoms with Crippen molar-refractivity contribution in [2.45, 2.75) is 0 Å². The molecule has 1 aromatic carbocycles. The Morgan fingerprint density at radius 2 is 1.89 bits per heavy atom. The summed E-state index contributed by atoms with van der Waals surface area (Å²) in [7, 11) is 0. The molecule has 2 N–H and O–H groups in total. The number of pyridine rings is 1. The first-order valence-corrected chi connectivity index (χ1v) is 5.43. The smallest absolute Gasteiger partial charge is 0.266 e. The second kappa shape index (κ2) is 3.96. The third-order valence-electron chi connectivity index (χ3n) is 2.75. The highest BCUT2D eigenvalue weighted by atomic mass is 16.1. The van der Waals surface area contributed by atoms with E-state index >= 15 is 0 Å². The summed E-state index contributed by atoms with van der Waals surface area (Å²) in [5.74, 6) is 0.